The second kappa shape index (κ2) is 6.66. The van der Waals surface area contributed by atoms with Gasteiger partial charge in [-0.15, -0.1) is 0 Å². The average Bonchev–Trinajstić information content (AvgIpc) is 2.45. The summed E-state index contributed by atoms with van der Waals surface area (Å²) in [6.45, 7) is 0. The van der Waals surface area contributed by atoms with Crippen molar-refractivity contribution in [2.24, 2.45) is 7.05 Å². The van der Waals surface area contributed by atoms with E-state index in [9.17, 15) is 0 Å². The second-order valence-electron chi connectivity index (χ2n) is 4.74. The van der Waals surface area contributed by atoms with E-state index in [-0.39, 0.29) is 24.0 Å². The van der Waals surface area contributed by atoms with Crippen molar-refractivity contribution >= 4 is 22.9 Å². The molecule has 0 atom stereocenters. The second-order valence-corrected chi connectivity index (χ2v) is 4.74. The lowest BCUT2D eigenvalue weighted by Gasteiger charge is -1.99. The van der Waals surface area contributed by atoms with Gasteiger partial charge in [-0.25, -0.2) is 4.57 Å². The molecule has 3 rings (SSSR count). The smallest absolute Gasteiger partial charge is 0.175 e. The van der Waals surface area contributed by atoms with Crippen LogP contribution in [0.4, 0.5) is 0 Å². The first-order valence-electron chi connectivity index (χ1n) is 6.43. The van der Waals surface area contributed by atoms with Crippen LogP contribution in [0.25, 0.3) is 22.9 Å². The standard InChI is InChI=1S/C18H16N.HI/c1-19-12-4-5-16(14-19)9-8-15-10-11-17-6-2-3-7-18(17)13-15;/h2-14H,1H3;1H/q+1;/p-1/b9-8+;. The molecular weight excluding hydrogens is 357 g/mol. The maximum absolute atomic E-state index is 2.22. The van der Waals surface area contributed by atoms with Gasteiger partial charge in [-0.05, 0) is 34.5 Å². The predicted octanol–water partition coefficient (Wildman–Crippen LogP) is 0.839. The zero-order valence-electron chi connectivity index (χ0n) is 11.3. The highest BCUT2D eigenvalue weighted by Gasteiger charge is 1.95. The summed E-state index contributed by atoms with van der Waals surface area (Å²) in [6, 6.07) is 19.1. The van der Waals surface area contributed by atoms with Gasteiger partial charge in [0.2, 0.25) is 0 Å². The number of benzene rings is 2. The van der Waals surface area contributed by atoms with E-state index in [0.717, 1.165) is 0 Å². The topological polar surface area (TPSA) is 3.88 Å². The number of nitrogens with zero attached hydrogens (tertiary/aromatic N) is 1. The summed E-state index contributed by atoms with van der Waals surface area (Å²) in [7, 11) is 2.04. The van der Waals surface area contributed by atoms with Crippen LogP contribution in [0.2, 0.25) is 0 Å². The normalized spacial score (nSPS) is 10.7. The van der Waals surface area contributed by atoms with Crippen LogP contribution in [-0.2, 0) is 7.05 Å². The predicted molar refractivity (Wildman–Crippen MR) is 80.5 cm³/mol. The van der Waals surface area contributed by atoms with Gasteiger partial charge in [-0.3, -0.25) is 0 Å². The number of pyridine rings is 1. The van der Waals surface area contributed by atoms with E-state index in [1.807, 2.05) is 13.2 Å². The minimum atomic E-state index is 0. The van der Waals surface area contributed by atoms with Crippen molar-refractivity contribution in [2.45, 2.75) is 0 Å². The monoisotopic (exact) mass is 373 g/mol. The van der Waals surface area contributed by atoms with E-state index in [0.29, 0.717) is 0 Å². The Morgan fingerprint density at radius 1 is 0.800 bits per heavy atom. The first kappa shape index (κ1) is 14.7. The van der Waals surface area contributed by atoms with Crippen molar-refractivity contribution in [3.8, 4) is 0 Å². The lowest BCUT2D eigenvalue weighted by molar-refractivity contribution is -0.671. The lowest BCUT2D eigenvalue weighted by atomic mass is 10.1. The molecule has 0 amide bonds. The first-order valence-corrected chi connectivity index (χ1v) is 6.43. The van der Waals surface area contributed by atoms with Gasteiger partial charge in [0.25, 0.3) is 0 Å². The molecule has 2 aromatic carbocycles. The van der Waals surface area contributed by atoms with Crippen LogP contribution in [0.1, 0.15) is 11.1 Å². The Labute approximate surface area is 136 Å². The van der Waals surface area contributed by atoms with Gasteiger partial charge >= 0.3 is 0 Å². The number of aromatic nitrogens is 1. The zero-order valence-corrected chi connectivity index (χ0v) is 13.5. The molecule has 100 valence electrons. The van der Waals surface area contributed by atoms with Gasteiger partial charge in [0.05, 0.1) is 0 Å². The molecule has 0 saturated carbocycles. The van der Waals surface area contributed by atoms with Gasteiger partial charge in [0.15, 0.2) is 12.4 Å². The molecular formula is C18H16IN. The van der Waals surface area contributed by atoms with Crippen LogP contribution in [0.15, 0.2) is 67.0 Å². The molecule has 0 aliphatic heterocycles. The molecule has 0 saturated heterocycles. The molecule has 3 aromatic rings. The number of halogens is 1. The molecule has 2 heteroatoms. The summed E-state index contributed by atoms with van der Waals surface area (Å²) in [6.07, 6.45) is 8.44. The highest BCUT2D eigenvalue weighted by atomic mass is 127. The fourth-order valence-corrected chi connectivity index (χ4v) is 2.21. The van der Waals surface area contributed by atoms with Crippen molar-refractivity contribution in [3.05, 3.63) is 78.1 Å². The summed E-state index contributed by atoms with van der Waals surface area (Å²) >= 11 is 0. The van der Waals surface area contributed by atoms with E-state index in [1.165, 1.54) is 21.9 Å². The largest absolute Gasteiger partial charge is 1.00 e. The fourth-order valence-electron chi connectivity index (χ4n) is 2.21. The first-order chi connectivity index (χ1) is 9.31. The van der Waals surface area contributed by atoms with Gasteiger partial charge in [-0.2, -0.15) is 0 Å². The molecule has 0 bridgehead atoms. The molecule has 0 spiro atoms. The number of fused-ring (bicyclic) bond motifs is 1. The SMILES string of the molecule is C[n+]1cccc(/C=C/c2ccc3ccccc3c2)c1.[I-]. The molecule has 0 fully saturated rings. The van der Waals surface area contributed by atoms with Crippen LogP contribution in [-0.4, -0.2) is 0 Å². The minimum absolute atomic E-state index is 0. The number of rotatable bonds is 2. The Morgan fingerprint density at radius 3 is 2.35 bits per heavy atom. The zero-order chi connectivity index (χ0) is 13.1. The van der Waals surface area contributed by atoms with Crippen LogP contribution < -0.4 is 28.5 Å². The maximum atomic E-state index is 2.22. The third kappa shape index (κ3) is 3.45. The van der Waals surface area contributed by atoms with E-state index in [4.69, 9.17) is 0 Å². The third-order valence-corrected chi connectivity index (χ3v) is 3.20. The summed E-state index contributed by atoms with van der Waals surface area (Å²) in [5.41, 5.74) is 2.43. The fraction of sp³-hybridized carbons (Fsp3) is 0.0556. The summed E-state index contributed by atoms with van der Waals surface area (Å²) in [4.78, 5) is 0. The molecule has 0 radical (unpaired) electrons. The maximum Gasteiger partial charge on any atom is 0.175 e. The Bertz CT molecular complexity index is 747. The third-order valence-electron chi connectivity index (χ3n) is 3.20. The van der Waals surface area contributed by atoms with E-state index in [1.54, 1.807) is 0 Å². The molecule has 0 aliphatic carbocycles. The van der Waals surface area contributed by atoms with E-state index in [2.05, 4.69) is 77.5 Å². The summed E-state index contributed by atoms with van der Waals surface area (Å²) in [5, 5.41) is 2.56. The molecule has 1 heterocycles. The van der Waals surface area contributed by atoms with Gasteiger partial charge < -0.3 is 24.0 Å². The van der Waals surface area contributed by atoms with Gasteiger partial charge in [0.1, 0.15) is 7.05 Å². The van der Waals surface area contributed by atoms with Crippen LogP contribution in [0.5, 0.6) is 0 Å². The molecule has 1 nitrogen and oxygen atoms in total. The minimum Gasteiger partial charge on any atom is -1.00 e. The van der Waals surface area contributed by atoms with E-state index < -0.39 is 0 Å². The lowest BCUT2D eigenvalue weighted by Crippen LogP contribution is -3.00. The summed E-state index contributed by atoms with van der Waals surface area (Å²) in [5.74, 6) is 0. The number of hydrogen-bond acceptors (Lipinski definition) is 0. The molecule has 0 aliphatic rings. The number of aryl methyl sites for hydroxylation is 1. The Morgan fingerprint density at radius 2 is 1.55 bits per heavy atom. The van der Waals surface area contributed by atoms with Crippen molar-refractivity contribution in [3.63, 3.8) is 0 Å². The van der Waals surface area contributed by atoms with Crippen molar-refractivity contribution in [1.29, 1.82) is 0 Å². The van der Waals surface area contributed by atoms with Crippen molar-refractivity contribution < 1.29 is 28.5 Å². The quantitative estimate of drug-likeness (QED) is 0.463. The Kier molecular flexibility index (Phi) is 4.90. The molecule has 0 N–H and O–H groups in total. The highest BCUT2D eigenvalue weighted by molar-refractivity contribution is 5.85. The van der Waals surface area contributed by atoms with Crippen molar-refractivity contribution in [1.82, 2.24) is 0 Å². The van der Waals surface area contributed by atoms with Gasteiger partial charge in [0, 0.05) is 11.6 Å². The molecule has 1 aromatic heterocycles. The molecule has 20 heavy (non-hydrogen) atoms. The summed E-state index contributed by atoms with van der Waals surface area (Å²) < 4.78 is 2.06. The molecule has 0 unspecified atom stereocenters. The average molecular weight is 373 g/mol. The van der Waals surface area contributed by atoms with E-state index >= 15 is 0 Å². The highest BCUT2D eigenvalue weighted by Crippen LogP contribution is 2.17. The Hall–Kier alpha value is -1.68. The van der Waals surface area contributed by atoms with Crippen molar-refractivity contribution in [2.75, 3.05) is 0 Å². The van der Waals surface area contributed by atoms with Gasteiger partial charge in [-0.1, -0.05) is 42.5 Å². The van der Waals surface area contributed by atoms with Crippen LogP contribution >= 0.6 is 0 Å². The number of hydrogen-bond donors (Lipinski definition) is 0. The van der Waals surface area contributed by atoms with Crippen LogP contribution in [0, 0.1) is 0 Å². The Balaban J connectivity index is 0.00000147. The van der Waals surface area contributed by atoms with Crippen LogP contribution in [0.3, 0.4) is 0 Å².